The van der Waals surface area contributed by atoms with Crippen LogP contribution in [0.2, 0.25) is 0 Å². The van der Waals surface area contributed by atoms with E-state index in [4.69, 9.17) is 9.47 Å². The molecule has 6 heteroatoms. The summed E-state index contributed by atoms with van der Waals surface area (Å²) in [7, 11) is 0. The predicted molar refractivity (Wildman–Crippen MR) is 216 cm³/mol. The van der Waals surface area contributed by atoms with E-state index in [-0.39, 0.29) is 0 Å². The van der Waals surface area contributed by atoms with Crippen molar-refractivity contribution >= 4 is 58.4 Å². The van der Waals surface area contributed by atoms with Gasteiger partial charge in [0, 0.05) is 11.4 Å². The lowest BCUT2D eigenvalue weighted by atomic mass is 9.97. The molecule has 0 fully saturated rings. The summed E-state index contributed by atoms with van der Waals surface area (Å²) in [4.78, 5) is 4.38. The molecule has 0 amide bonds. The van der Waals surface area contributed by atoms with Gasteiger partial charge < -0.3 is 19.3 Å². The van der Waals surface area contributed by atoms with Crippen LogP contribution < -0.4 is 19.3 Å². The van der Waals surface area contributed by atoms with Gasteiger partial charge in [0.15, 0.2) is 23.0 Å². The molecule has 0 aromatic heterocycles. The van der Waals surface area contributed by atoms with Gasteiger partial charge >= 0.3 is 0 Å². The van der Waals surface area contributed by atoms with Crippen molar-refractivity contribution in [1.82, 2.24) is 0 Å². The number of hydrogen-bond acceptors (Lipinski definition) is 6. The fourth-order valence-electron chi connectivity index (χ4n) is 6.94. The lowest BCUT2D eigenvalue weighted by Crippen LogP contribution is -2.15. The average molecular weight is 695 g/mol. The van der Waals surface area contributed by atoms with Gasteiger partial charge in [0.25, 0.3) is 0 Å². The zero-order chi connectivity index (χ0) is 36.4. The molecule has 0 bridgehead atoms. The lowest BCUT2D eigenvalue weighted by molar-refractivity contribution is 0.476. The minimum absolute atomic E-state index is 0.465. The molecule has 254 valence electrons. The lowest BCUT2D eigenvalue weighted by Gasteiger charge is -2.33. The van der Waals surface area contributed by atoms with Crippen molar-refractivity contribution in [3.8, 4) is 35.1 Å². The average Bonchev–Trinajstić information content (AvgIpc) is 3.23. The highest BCUT2D eigenvalue weighted by Crippen LogP contribution is 2.52. The van der Waals surface area contributed by atoms with Gasteiger partial charge in [0.05, 0.1) is 46.0 Å². The van der Waals surface area contributed by atoms with Gasteiger partial charge in [-0.1, -0.05) is 97.1 Å². The second-order valence-corrected chi connectivity index (χ2v) is 12.9. The van der Waals surface area contributed by atoms with Crippen molar-refractivity contribution in [2.75, 3.05) is 9.80 Å². The number of nitrogens with zero attached hydrogens (tertiary/aromatic N) is 4. The van der Waals surface area contributed by atoms with E-state index in [1.54, 1.807) is 12.1 Å². The largest absolute Gasteiger partial charge is 0.453 e. The molecule has 0 atom stereocenters. The first-order valence-corrected chi connectivity index (χ1v) is 17.5. The summed E-state index contributed by atoms with van der Waals surface area (Å²) in [5.41, 5.74) is 9.91. The van der Waals surface area contributed by atoms with Gasteiger partial charge in [-0.3, -0.25) is 0 Å². The molecule has 0 saturated carbocycles. The number of anilines is 6. The Morgan fingerprint density at radius 1 is 0.389 bits per heavy atom. The van der Waals surface area contributed by atoms with Gasteiger partial charge in [-0.2, -0.15) is 10.5 Å². The third kappa shape index (κ3) is 5.90. The molecule has 7 aromatic rings. The summed E-state index contributed by atoms with van der Waals surface area (Å²) in [6.45, 7) is 0. The number of benzene rings is 7. The molecular weight excluding hydrogens is 665 g/mol. The number of rotatable bonds is 6. The van der Waals surface area contributed by atoms with Crippen LogP contribution in [0.15, 0.2) is 158 Å². The maximum atomic E-state index is 10.2. The molecule has 2 heterocycles. The summed E-state index contributed by atoms with van der Waals surface area (Å²) in [6, 6.07) is 56.7. The molecule has 0 aliphatic carbocycles. The summed E-state index contributed by atoms with van der Waals surface area (Å²) < 4.78 is 12.7. The van der Waals surface area contributed by atoms with Crippen LogP contribution in [-0.2, 0) is 0 Å². The van der Waals surface area contributed by atoms with E-state index in [1.807, 2.05) is 146 Å². The Morgan fingerprint density at radius 2 is 0.778 bits per heavy atom. The van der Waals surface area contributed by atoms with E-state index in [9.17, 15) is 10.5 Å². The molecule has 54 heavy (non-hydrogen) atoms. The van der Waals surface area contributed by atoms with Crippen LogP contribution in [0.5, 0.6) is 23.0 Å². The molecule has 6 nitrogen and oxygen atoms in total. The van der Waals surface area contributed by atoms with Crippen LogP contribution in [0.3, 0.4) is 0 Å². The maximum Gasteiger partial charge on any atom is 0.152 e. The zero-order valence-corrected chi connectivity index (χ0v) is 28.9. The Hall–Kier alpha value is -7.80. The highest BCUT2D eigenvalue weighted by atomic mass is 16.5. The van der Waals surface area contributed by atoms with Crippen LogP contribution in [0, 0.1) is 22.7 Å². The first kappa shape index (κ1) is 32.1. The SMILES string of the molecule is N#Cc1cc(/C=C/c2ccc3c(c2)Oc2ccccc2N3c2ccccc2)c(C#N)cc1/C=C/c1ccc2c(c1)Oc1ccccc1N2c1ccccc1. The number of nitriles is 2. The van der Waals surface area contributed by atoms with Crippen molar-refractivity contribution in [2.45, 2.75) is 0 Å². The Balaban J connectivity index is 0.996. The molecule has 2 aliphatic rings. The summed E-state index contributed by atoms with van der Waals surface area (Å²) in [5.74, 6) is 2.99. The third-order valence-electron chi connectivity index (χ3n) is 9.50. The Labute approximate surface area is 313 Å². The van der Waals surface area contributed by atoms with Crippen LogP contribution in [-0.4, -0.2) is 0 Å². The second kappa shape index (κ2) is 13.7. The van der Waals surface area contributed by atoms with Crippen molar-refractivity contribution in [1.29, 1.82) is 10.5 Å². The fourth-order valence-corrected chi connectivity index (χ4v) is 6.94. The van der Waals surface area contributed by atoms with E-state index < -0.39 is 0 Å². The van der Waals surface area contributed by atoms with Crippen LogP contribution >= 0.6 is 0 Å². The molecule has 0 unspecified atom stereocenters. The quantitative estimate of drug-likeness (QED) is 0.161. The predicted octanol–water partition coefficient (Wildman–Crippen LogP) is 12.9. The van der Waals surface area contributed by atoms with Gasteiger partial charge in [0.1, 0.15) is 0 Å². The standard InChI is InChI=1S/C48H30N4O2/c49-31-37-30-36(24-20-34-22-26-44-48(28-34)54-46-18-10-8-16-42(46)52(44)40-13-5-2-6-14-40)38(32-50)29-35(37)23-19-33-21-25-43-47(27-33)53-45-17-9-7-15-41(45)51(43)39-11-3-1-4-12-39/h1-30H/b23-19+,24-20+. The van der Waals surface area contributed by atoms with E-state index >= 15 is 0 Å². The normalized spacial score (nSPS) is 12.5. The van der Waals surface area contributed by atoms with Crippen LogP contribution in [0.4, 0.5) is 34.1 Å². The Bertz CT molecular complexity index is 2520. The number of para-hydroxylation sites is 6. The summed E-state index contributed by atoms with van der Waals surface area (Å²) in [6.07, 6.45) is 7.62. The van der Waals surface area contributed by atoms with Crippen LogP contribution in [0.1, 0.15) is 33.4 Å². The van der Waals surface area contributed by atoms with Gasteiger partial charge in [-0.25, -0.2) is 0 Å². The number of ether oxygens (including phenoxy) is 2. The van der Waals surface area contributed by atoms with Crippen LogP contribution in [0.25, 0.3) is 24.3 Å². The van der Waals surface area contributed by atoms with E-state index in [0.29, 0.717) is 22.3 Å². The number of hydrogen-bond donors (Lipinski definition) is 0. The molecular formula is C48H30N4O2. The molecule has 0 saturated heterocycles. The van der Waals surface area contributed by atoms with Crippen molar-refractivity contribution in [3.05, 3.63) is 191 Å². The van der Waals surface area contributed by atoms with Gasteiger partial charge in [0.2, 0.25) is 0 Å². The fraction of sp³-hybridized carbons (Fsp3) is 0. The highest BCUT2D eigenvalue weighted by molar-refractivity contribution is 5.89. The first-order chi connectivity index (χ1) is 26.7. The molecule has 2 aliphatic heterocycles. The number of fused-ring (bicyclic) bond motifs is 4. The zero-order valence-electron chi connectivity index (χ0n) is 28.9. The molecule has 7 aromatic carbocycles. The van der Waals surface area contributed by atoms with Crippen molar-refractivity contribution in [3.63, 3.8) is 0 Å². The van der Waals surface area contributed by atoms with E-state index in [2.05, 4.69) is 46.2 Å². The Morgan fingerprint density at radius 3 is 1.20 bits per heavy atom. The monoisotopic (exact) mass is 694 g/mol. The van der Waals surface area contributed by atoms with E-state index in [0.717, 1.165) is 68.2 Å². The molecule has 0 radical (unpaired) electrons. The van der Waals surface area contributed by atoms with Crippen molar-refractivity contribution in [2.24, 2.45) is 0 Å². The topological polar surface area (TPSA) is 72.5 Å². The molecule has 9 rings (SSSR count). The minimum atomic E-state index is 0.465. The van der Waals surface area contributed by atoms with E-state index in [1.165, 1.54) is 0 Å². The highest BCUT2D eigenvalue weighted by Gasteiger charge is 2.27. The molecule has 0 N–H and O–H groups in total. The Kier molecular flexibility index (Phi) is 8.17. The van der Waals surface area contributed by atoms with Gasteiger partial charge in [-0.05, 0) is 107 Å². The maximum absolute atomic E-state index is 10.2. The minimum Gasteiger partial charge on any atom is -0.453 e. The summed E-state index contributed by atoms with van der Waals surface area (Å²) in [5, 5.41) is 20.3. The first-order valence-electron chi connectivity index (χ1n) is 17.5. The van der Waals surface area contributed by atoms with Crippen molar-refractivity contribution < 1.29 is 9.47 Å². The second-order valence-electron chi connectivity index (χ2n) is 12.9. The van der Waals surface area contributed by atoms with Gasteiger partial charge in [-0.15, -0.1) is 0 Å². The summed E-state index contributed by atoms with van der Waals surface area (Å²) >= 11 is 0. The third-order valence-corrected chi connectivity index (χ3v) is 9.50. The smallest absolute Gasteiger partial charge is 0.152 e. The molecule has 0 spiro atoms.